The number of ether oxygens (including phenoxy) is 3. The van der Waals surface area contributed by atoms with Crippen molar-refractivity contribution in [3.8, 4) is 17.2 Å². The van der Waals surface area contributed by atoms with Crippen molar-refractivity contribution in [3.63, 3.8) is 0 Å². The lowest BCUT2D eigenvalue weighted by molar-refractivity contribution is 0.0450. The monoisotopic (exact) mass is 434 g/mol. The second-order valence-corrected chi connectivity index (χ2v) is 7.63. The summed E-state index contributed by atoms with van der Waals surface area (Å²) >= 11 is 0. The molecular weight excluding hydrogens is 408 g/mol. The van der Waals surface area contributed by atoms with Gasteiger partial charge < -0.3 is 19.9 Å². The molecule has 8 nitrogen and oxygen atoms in total. The SMILES string of the molecule is CCC(C)COC(=O)c1c(N)n(-c2cc(OC)ccc2OC)c2nc3ccccc3nc12. The van der Waals surface area contributed by atoms with Crippen LogP contribution in [0.15, 0.2) is 42.5 Å². The maximum Gasteiger partial charge on any atom is 0.344 e. The molecule has 0 aliphatic carbocycles. The molecule has 0 aliphatic rings. The second kappa shape index (κ2) is 8.74. The van der Waals surface area contributed by atoms with Crippen LogP contribution in [-0.4, -0.2) is 41.3 Å². The van der Waals surface area contributed by atoms with Crippen molar-refractivity contribution in [1.29, 1.82) is 0 Å². The van der Waals surface area contributed by atoms with E-state index >= 15 is 0 Å². The van der Waals surface area contributed by atoms with Crippen LogP contribution in [0.5, 0.6) is 11.5 Å². The Morgan fingerprint density at radius 3 is 2.47 bits per heavy atom. The molecule has 32 heavy (non-hydrogen) atoms. The van der Waals surface area contributed by atoms with Crippen LogP contribution >= 0.6 is 0 Å². The van der Waals surface area contributed by atoms with Crippen molar-refractivity contribution in [1.82, 2.24) is 14.5 Å². The maximum absolute atomic E-state index is 13.1. The second-order valence-electron chi connectivity index (χ2n) is 7.63. The van der Waals surface area contributed by atoms with Gasteiger partial charge in [0.15, 0.2) is 5.65 Å². The molecule has 4 rings (SSSR count). The molecule has 0 fully saturated rings. The largest absolute Gasteiger partial charge is 0.497 e. The molecule has 2 aromatic heterocycles. The number of methoxy groups -OCH3 is 2. The standard InChI is InChI=1S/C24H26N4O4/c1-5-14(2)13-32-24(29)20-21-23(27-17-9-7-6-8-16(17)26-21)28(22(20)25)18-12-15(30-3)10-11-19(18)31-4/h6-12,14H,5,13,25H2,1-4H3. The third-order valence-electron chi connectivity index (χ3n) is 5.52. The molecular formula is C24H26N4O4. The summed E-state index contributed by atoms with van der Waals surface area (Å²) in [5, 5.41) is 0. The molecule has 166 valence electrons. The summed E-state index contributed by atoms with van der Waals surface area (Å²) in [5.74, 6) is 1.04. The van der Waals surface area contributed by atoms with Crippen molar-refractivity contribution in [2.75, 3.05) is 26.6 Å². The average Bonchev–Trinajstić information content (AvgIpc) is 3.10. The van der Waals surface area contributed by atoms with Crippen LogP contribution in [0.4, 0.5) is 5.82 Å². The van der Waals surface area contributed by atoms with E-state index in [2.05, 4.69) is 0 Å². The van der Waals surface area contributed by atoms with Crippen molar-refractivity contribution >= 4 is 34.0 Å². The molecule has 2 aromatic carbocycles. The van der Waals surface area contributed by atoms with Gasteiger partial charge in [-0.15, -0.1) is 0 Å². The van der Waals surface area contributed by atoms with Crippen LogP contribution in [0.2, 0.25) is 0 Å². The Morgan fingerprint density at radius 2 is 1.81 bits per heavy atom. The minimum Gasteiger partial charge on any atom is -0.497 e. The summed E-state index contributed by atoms with van der Waals surface area (Å²) < 4.78 is 18.2. The summed E-state index contributed by atoms with van der Waals surface area (Å²) in [6.45, 7) is 4.37. The molecule has 0 saturated carbocycles. The first-order chi connectivity index (χ1) is 15.5. The van der Waals surface area contributed by atoms with Crippen LogP contribution in [-0.2, 0) is 4.74 Å². The fourth-order valence-corrected chi connectivity index (χ4v) is 3.49. The van der Waals surface area contributed by atoms with E-state index in [1.165, 1.54) is 0 Å². The highest BCUT2D eigenvalue weighted by atomic mass is 16.5. The highest BCUT2D eigenvalue weighted by Gasteiger charge is 2.27. The minimum absolute atomic E-state index is 0.177. The summed E-state index contributed by atoms with van der Waals surface area (Å²) in [7, 11) is 3.14. The zero-order valence-electron chi connectivity index (χ0n) is 18.6. The Bertz CT molecular complexity index is 1300. The van der Waals surface area contributed by atoms with Crippen LogP contribution in [0, 0.1) is 5.92 Å². The van der Waals surface area contributed by atoms with Crippen LogP contribution in [0.25, 0.3) is 27.9 Å². The lowest BCUT2D eigenvalue weighted by Gasteiger charge is -2.14. The van der Waals surface area contributed by atoms with Gasteiger partial charge in [-0.25, -0.2) is 14.8 Å². The molecule has 0 radical (unpaired) electrons. The van der Waals surface area contributed by atoms with Crippen molar-refractivity contribution < 1.29 is 19.0 Å². The molecule has 8 heteroatoms. The minimum atomic E-state index is -0.530. The molecule has 2 heterocycles. The highest BCUT2D eigenvalue weighted by molar-refractivity contribution is 6.09. The molecule has 2 N–H and O–H groups in total. The predicted molar refractivity (Wildman–Crippen MR) is 124 cm³/mol. The molecule has 4 aromatic rings. The molecule has 1 unspecified atom stereocenters. The number of nitrogens with two attached hydrogens (primary N) is 1. The summed E-state index contributed by atoms with van der Waals surface area (Å²) in [4.78, 5) is 22.6. The quantitative estimate of drug-likeness (QED) is 0.431. The molecule has 1 atom stereocenters. The van der Waals surface area contributed by atoms with Crippen molar-refractivity contribution in [2.24, 2.45) is 5.92 Å². The van der Waals surface area contributed by atoms with Gasteiger partial charge in [0.25, 0.3) is 0 Å². The van der Waals surface area contributed by atoms with E-state index in [9.17, 15) is 4.79 Å². The number of esters is 1. The van der Waals surface area contributed by atoms with Gasteiger partial charge in [0.05, 0.1) is 37.5 Å². The van der Waals surface area contributed by atoms with E-state index in [4.69, 9.17) is 29.9 Å². The zero-order valence-corrected chi connectivity index (χ0v) is 18.6. The predicted octanol–water partition coefficient (Wildman–Crippen LogP) is 4.38. The molecule has 0 spiro atoms. The average molecular weight is 434 g/mol. The molecule has 0 saturated heterocycles. The first kappa shape index (κ1) is 21.4. The zero-order chi connectivity index (χ0) is 22.8. The molecule has 0 aliphatic heterocycles. The van der Waals surface area contributed by atoms with Crippen molar-refractivity contribution in [2.45, 2.75) is 20.3 Å². The summed E-state index contributed by atoms with van der Waals surface area (Å²) in [6, 6.07) is 12.8. The van der Waals surface area contributed by atoms with Gasteiger partial charge in [-0.05, 0) is 30.2 Å². The number of carbonyl (C=O) groups is 1. The Labute approximate surface area is 185 Å². The van der Waals surface area contributed by atoms with Crippen LogP contribution in [0.1, 0.15) is 30.6 Å². The Hall–Kier alpha value is -3.81. The van der Waals surface area contributed by atoms with E-state index in [-0.39, 0.29) is 17.3 Å². The van der Waals surface area contributed by atoms with Crippen LogP contribution in [0.3, 0.4) is 0 Å². The maximum atomic E-state index is 13.1. The van der Waals surface area contributed by atoms with Gasteiger partial charge in [0, 0.05) is 6.07 Å². The number of rotatable bonds is 7. The van der Waals surface area contributed by atoms with Crippen LogP contribution < -0.4 is 15.2 Å². The van der Waals surface area contributed by atoms with E-state index in [1.807, 2.05) is 38.1 Å². The first-order valence-corrected chi connectivity index (χ1v) is 10.4. The van der Waals surface area contributed by atoms with E-state index in [0.717, 1.165) is 6.42 Å². The van der Waals surface area contributed by atoms with Gasteiger partial charge >= 0.3 is 5.97 Å². The van der Waals surface area contributed by atoms with Gasteiger partial charge in [-0.2, -0.15) is 0 Å². The number of hydrogen-bond acceptors (Lipinski definition) is 7. The Kier molecular flexibility index (Phi) is 5.85. The van der Waals surface area contributed by atoms with Gasteiger partial charge in [0.2, 0.25) is 0 Å². The third kappa shape index (κ3) is 3.68. The number of nitrogens with zero attached hydrogens (tertiary/aromatic N) is 3. The summed E-state index contributed by atoms with van der Waals surface area (Å²) in [5.41, 5.74) is 9.47. The Morgan fingerprint density at radius 1 is 1.09 bits per heavy atom. The van der Waals surface area contributed by atoms with E-state index < -0.39 is 5.97 Å². The fourth-order valence-electron chi connectivity index (χ4n) is 3.49. The Balaban J connectivity index is 2.00. The number of benzene rings is 2. The smallest absolute Gasteiger partial charge is 0.344 e. The molecule has 0 amide bonds. The highest BCUT2D eigenvalue weighted by Crippen LogP contribution is 2.36. The van der Waals surface area contributed by atoms with Crippen molar-refractivity contribution in [3.05, 3.63) is 48.0 Å². The number of carbonyl (C=O) groups excluding carboxylic acids is 1. The number of fused-ring (bicyclic) bond motifs is 2. The van der Waals surface area contributed by atoms with E-state index in [0.29, 0.717) is 46.0 Å². The fraction of sp³-hybridized carbons (Fsp3) is 0.292. The number of anilines is 1. The molecule has 0 bridgehead atoms. The number of aromatic nitrogens is 3. The lowest BCUT2D eigenvalue weighted by atomic mass is 10.1. The number of hydrogen-bond donors (Lipinski definition) is 1. The number of para-hydroxylation sites is 2. The first-order valence-electron chi connectivity index (χ1n) is 10.4. The number of nitrogen functional groups attached to an aromatic ring is 1. The lowest BCUT2D eigenvalue weighted by Crippen LogP contribution is -2.13. The van der Waals surface area contributed by atoms with Gasteiger partial charge in [-0.1, -0.05) is 32.4 Å². The summed E-state index contributed by atoms with van der Waals surface area (Å²) in [6.07, 6.45) is 0.899. The van der Waals surface area contributed by atoms with Gasteiger partial charge in [0.1, 0.15) is 28.4 Å². The normalized spacial score (nSPS) is 12.1. The topological polar surface area (TPSA) is 101 Å². The van der Waals surface area contributed by atoms with Gasteiger partial charge in [-0.3, -0.25) is 4.57 Å². The third-order valence-corrected chi connectivity index (χ3v) is 5.52. The van der Waals surface area contributed by atoms with E-state index in [1.54, 1.807) is 37.0 Å².